The fourth-order valence-corrected chi connectivity index (χ4v) is 2.35. The van der Waals surface area contributed by atoms with E-state index in [1.54, 1.807) is 17.9 Å². The molecule has 0 fully saturated rings. The summed E-state index contributed by atoms with van der Waals surface area (Å²) < 4.78 is 1.77. The molecule has 5 nitrogen and oxygen atoms in total. The molecule has 2 aromatic rings. The standard InChI is InChI=1S/C15H19N3O2/c1-12-10-17-18(11-12)9-8-15(16-2,14(19)20)13-6-4-3-5-7-13/h3-7,10-11,16H,8-9H2,1-2H3,(H,19,20). The average molecular weight is 273 g/mol. The third-order valence-corrected chi connectivity index (χ3v) is 3.54. The van der Waals surface area contributed by atoms with Gasteiger partial charge in [-0.1, -0.05) is 30.3 Å². The third-order valence-electron chi connectivity index (χ3n) is 3.54. The molecule has 20 heavy (non-hydrogen) atoms. The van der Waals surface area contributed by atoms with Crippen LogP contribution in [0.1, 0.15) is 17.5 Å². The van der Waals surface area contributed by atoms with Crippen molar-refractivity contribution in [2.75, 3.05) is 7.05 Å². The highest BCUT2D eigenvalue weighted by Gasteiger charge is 2.38. The monoisotopic (exact) mass is 273 g/mol. The maximum atomic E-state index is 11.8. The van der Waals surface area contributed by atoms with Crippen LogP contribution in [0.3, 0.4) is 0 Å². The van der Waals surface area contributed by atoms with Crippen LogP contribution in [0, 0.1) is 6.92 Å². The Morgan fingerprint density at radius 2 is 2.10 bits per heavy atom. The van der Waals surface area contributed by atoms with Crippen LogP contribution in [0.25, 0.3) is 0 Å². The molecule has 1 heterocycles. The second-order valence-corrected chi connectivity index (χ2v) is 4.86. The number of benzene rings is 1. The fraction of sp³-hybridized carbons (Fsp3) is 0.333. The number of nitrogens with zero attached hydrogens (tertiary/aromatic N) is 2. The highest BCUT2D eigenvalue weighted by Crippen LogP contribution is 2.26. The lowest BCUT2D eigenvalue weighted by atomic mass is 9.86. The van der Waals surface area contributed by atoms with E-state index in [1.165, 1.54) is 0 Å². The summed E-state index contributed by atoms with van der Waals surface area (Å²) in [6.45, 7) is 2.50. The first-order valence-corrected chi connectivity index (χ1v) is 6.55. The Morgan fingerprint density at radius 1 is 1.40 bits per heavy atom. The number of hydrogen-bond donors (Lipinski definition) is 2. The molecule has 0 saturated heterocycles. The van der Waals surface area contributed by atoms with Crippen LogP contribution < -0.4 is 5.32 Å². The van der Waals surface area contributed by atoms with Gasteiger partial charge in [-0.3, -0.25) is 4.68 Å². The number of aryl methyl sites for hydroxylation is 2. The van der Waals surface area contributed by atoms with Crippen molar-refractivity contribution in [3.8, 4) is 0 Å². The molecule has 0 saturated carbocycles. The van der Waals surface area contributed by atoms with E-state index in [9.17, 15) is 9.90 Å². The van der Waals surface area contributed by atoms with Gasteiger partial charge in [-0.05, 0) is 25.1 Å². The van der Waals surface area contributed by atoms with E-state index in [1.807, 2.05) is 43.5 Å². The molecule has 0 aliphatic rings. The van der Waals surface area contributed by atoms with E-state index in [-0.39, 0.29) is 0 Å². The molecule has 0 aliphatic heterocycles. The second-order valence-electron chi connectivity index (χ2n) is 4.86. The van der Waals surface area contributed by atoms with Crippen molar-refractivity contribution in [2.24, 2.45) is 0 Å². The predicted molar refractivity (Wildman–Crippen MR) is 76.4 cm³/mol. The van der Waals surface area contributed by atoms with Crippen molar-refractivity contribution >= 4 is 5.97 Å². The molecule has 1 aromatic heterocycles. The van der Waals surface area contributed by atoms with Gasteiger partial charge in [0.05, 0.1) is 6.20 Å². The van der Waals surface area contributed by atoms with E-state index < -0.39 is 11.5 Å². The molecular weight excluding hydrogens is 254 g/mol. The first-order chi connectivity index (χ1) is 9.58. The molecule has 0 aliphatic carbocycles. The number of carboxylic acid groups (broad SMARTS) is 1. The molecule has 0 spiro atoms. The molecule has 1 atom stereocenters. The molecule has 5 heteroatoms. The zero-order valence-electron chi connectivity index (χ0n) is 11.7. The van der Waals surface area contributed by atoms with Crippen LogP contribution in [-0.4, -0.2) is 27.9 Å². The normalized spacial score (nSPS) is 13.9. The maximum Gasteiger partial charge on any atom is 0.328 e. The van der Waals surface area contributed by atoms with Crippen LogP contribution in [0.4, 0.5) is 0 Å². The van der Waals surface area contributed by atoms with Gasteiger partial charge in [-0.2, -0.15) is 5.10 Å². The van der Waals surface area contributed by atoms with Gasteiger partial charge < -0.3 is 10.4 Å². The molecule has 1 aromatic carbocycles. The van der Waals surface area contributed by atoms with Gasteiger partial charge in [0.25, 0.3) is 0 Å². The molecule has 0 bridgehead atoms. The minimum absolute atomic E-state index is 0.421. The summed E-state index contributed by atoms with van der Waals surface area (Å²) in [5.74, 6) is -0.880. The molecule has 0 radical (unpaired) electrons. The summed E-state index contributed by atoms with van der Waals surface area (Å²) in [6, 6.07) is 9.24. The summed E-state index contributed by atoms with van der Waals surface area (Å²) >= 11 is 0. The zero-order chi connectivity index (χ0) is 14.6. The Hall–Kier alpha value is -2.14. The lowest BCUT2D eigenvalue weighted by molar-refractivity contribution is -0.145. The molecule has 2 rings (SSSR count). The van der Waals surface area contributed by atoms with E-state index in [2.05, 4.69) is 10.4 Å². The van der Waals surface area contributed by atoms with Crippen molar-refractivity contribution in [3.63, 3.8) is 0 Å². The minimum atomic E-state index is -1.10. The maximum absolute atomic E-state index is 11.8. The number of nitrogens with one attached hydrogen (secondary N) is 1. The fourth-order valence-electron chi connectivity index (χ4n) is 2.35. The van der Waals surface area contributed by atoms with Gasteiger partial charge in [0.2, 0.25) is 0 Å². The first kappa shape index (κ1) is 14.3. The second kappa shape index (κ2) is 5.88. The largest absolute Gasteiger partial charge is 0.480 e. The van der Waals surface area contributed by atoms with E-state index in [0.717, 1.165) is 11.1 Å². The Labute approximate surface area is 118 Å². The Bertz CT molecular complexity index is 580. The summed E-state index contributed by atoms with van der Waals surface area (Å²) in [7, 11) is 1.68. The van der Waals surface area contributed by atoms with Crippen molar-refractivity contribution in [2.45, 2.75) is 25.4 Å². The predicted octanol–water partition coefficient (Wildman–Crippen LogP) is 1.78. The Morgan fingerprint density at radius 3 is 2.60 bits per heavy atom. The summed E-state index contributed by atoms with van der Waals surface area (Å²) in [4.78, 5) is 11.8. The van der Waals surface area contributed by atoms with Crippen molar-refractivity contribution in [3.05, 3.63) is 53.9 Å². The molecule has 1 unspecified atom stereocenters. The Balaban J connectivity index is 2.26. The van der Waals surface area contributed by atoms with Crippen molar-refractivity contribution in [1.82, 2.24) is 15.1 Å². The van der Waals surface area contributed by atoms with Crippen LogP contribution in [0.5, 0.6) is 0 Å². The average Bonchev–Trinajstić information content (AvgIpc) is 2.87. The summed E-state index contributed by atoms with van der Waals surface area (Å²) in [5.41, 5.74) is 0.718. The molecule has 2 N–H and O–H groups in total. The number of carboxylic acids is 1. The molecule has 0 amide bonds. The molecule has 106 valence electrons. The topological polar surface area (TPSA) is 67.2 Å². The van der Waals surface area contributed by atoms with Crippen LogP contribution in [0.2, 0.25) is 0 Å². The quantitative estimate of drug-likeness (QED) is 0.842. The number of carbonyl (C=O) groups is 1. The van der Waals surface area contributed by atoms with Gasteiger partial charge in [0.15, 0.2) is 0 Å². The van der Waals surface area contributed by atoms with Crippen LogP contribution in [0.15, 0.2) is 42.7 Å². The van der Waals surface area contributed by atoms with Crippen LogP contribution >= 0.6 is 0 Å². The van der Waals surface area contributed by atoms with Crippen LogP contribution in [-0.2, 0) is 16.9 Å². The van der Waals surface area contributed by atoms with Crippen molar-refractivity contribution in [1.29, 1.82) is 0 Å². The van der Waals surface area contributed by atoms with Gasteiger partial charge in [0.1, 0.15) is 5.54 Å². The number of likely N-dealkylation sites (N-methyl/N-ethyl adjacent to an activating group) is 1. The number of hydrogen-bond acceptors (Lipinski definition) is 3. The van der Waals surface area contributed by atoms with Crippen molar-refractivity contribution < 1.29 is 9.90 Å². The van der Waals surface area contributed by atoms with Gasteiger partial charge in [-0.15, -0.1) is 0 Å². The Kier molecular flexibility index (Phi) is 4.20. The number of aromatic nitrogens is 2. The number of rotatable bonds is 6. The lowest BCUT2D eigenvalue weighted by Gasteiger charge is -2.29. The highest BCUT2D eigenvalue weighted by molar-refractivity contribution is 5.80. The lowest BCUT2D eigenvalue weighted by Crippen LogP contribution is -2.48. The van der Waals surface area contributed by atoms with Gasteiger partial charge in [0, 0.05) is 19.2 Å². The van der Waals surface area contributed by atoms with E-state index in [4.69, 9.17) is 0 Å². The summed E-state index contributed by atoms with van der Waals surface area (Å²) in [5, 5.41) is 16.8. The number of aliphatic carboxylic acids is 1. The third kappa shape index (κ3) is 2.72. The smallest absolute Gasteiger partial charge is 0.328 e. The van der Waals surface area contributed by atoms with Gasteiger partial charge >= 0.3 is 5.97 Å². The highest BCUT2D eigenvalue weighted by atomic mass is 16.4. The first-order valence-electron chi connectivity index (χ1n) is 6.55. The molecular formula is C15H19N3O2. The minimum Gasteiger partial charge on any atom is -0.480 e. The van der Waals surface area contributed by atoms with E-state index >= 15 is 0 Å². The van der Waals surface area contributed by atoms with E-state index in [0.29, 0.717) is 13.0 Å². The SMILES string of the molecule is CNC(CCn1cc(C)cn1)(C(=O)O)c1ccccc1. The zero-order valence-corrected chi connectivity index (χ0v) is 11.7. The van der Waals surface area contributed by atoms with Gasteiger partial charge in [-0.25, -0.2) is 4.79 Å². The summed E-state index contributed by atoms with van der Waals surface area (Å²) in [6.07, 6.45) is 4.10.